The molecule has 0 spiro atoms. The average Bonchev–Trinajstić information content (AvgIpc) is 3.34. The molecule has 1 aromatic heterocycles. The highest BCUT2D eigenvalue weighted by molar-refractivity contribution is 7.92. The van der Waals surface area contributed by atoms with Gasteiger partial charge in [-0.15, -0.1) is 0 Å². The molecule has 0 aliphatic carbocycles. The van der Waals surface area contributed by atoms with E-state index >= 15 is 0 Å². The second-order valence-electron chi connectivity index (χ2n) is 6.96. The predicted molar refractivity (Wildman–Crippen MR) is 114 cm³/mol. The Morgan fingerprint density at radius 1 is 0.968 bits per heavy atom. The summed E-state index contributed by atoms with van der Waals surface area (Å²) in [7, 11) is -6.25. The monoisotopic (exact) mass is 461 g/mol. The van der Waals surface area contributed by atoms with E-state index in [4.69, 9.17) is 4.42 Å². The van der Waals surface area contributed by atoms with E-state index in [1.807, 2.05) is 0 Å². The van der Waals surface area contributed by atoms with Crippen LogP contribution in [0.4, 0.5) is 11.4 Å². The van der Waals surface area contributed by atoms with Crippen molar-refractivity contribution in [2.24, 2.45) is 0 Å². The number of hydrogen-bond donors (Lipinski definition) is 2. The number of anilines is 2. The van der Waals surface area contributed by atoms with Crippen LogP contribution in [0.2, 0.25) is 0 Å². The lowest BCUT2D eigenvalue weighted by atomic mass is 10.2. The van der Waals surface area contributed by atoms with Crippen LogP contribution in [0.15, 0.2) is 75.1 Å². The Balaban J connectivity index is 1.54. The van der Waals surface area contributed by atoms with Crippen LogP contribution in [0.3, 0.4) is 0 Å². The number of rotatable bonds is 7. The largest absolute Gasteiger partial charge is 0.468 e. The van der Waals surface area contributed by atoms with Gasteiger partial charge in [0, 0.05) is 12.7 Å². The molecule has 0 radical (unpaired) electrons. The Morgan fingerprint density at radius 2 is 1.74 bits per heavy atom. The first-order chi connectivity index (χ1) is 14.7. The normalized spacial score (nSPS) is 14.0. The average molecular weight is 462 g/mol. The number of furan rings is 1. The Labute approximate surface area is 179 Å². The van der Waals surface area contributed by atoms with Gasteiger partial charge in [-0.3, -0.25) is 9.52 Å². The van der Waals surface area contributed by atoms with Crippen molar-refractivity contribution >= 4 is 37.3 Å². The van der Waals surface area contributed by atoms with E-state index in [0.29, 0.717) is 17.0 Å². The molecule has 2 N–H and O–H groups in total. The molecule has 3 aromatic rings. The van der Waals surface area contributed by atoms with Gasteiger partial charge in [0.2, 0.25) is 15.9 Å². The van der Waals surface area contributed by atoms with E-state index in [-0.39, 0.29) is 34.4 Å². The first-order valence-corrected chi connectivity index (χ1v) is 12.2. The summed E-state index contributed by atoms with van der Waals surface area (Å²) in [6.07, 6.45) is 1.57. The number of carbonyl (C=O) groups is 1. The molecule has 1 amide bonds. The molecule has 0 unspecified atom stereocenters. The summed E-state index contributed by atoms with van der Waals surface area (Å²) >= 11 is 0. The third kappa shape index (κ3) is 4.33. The maximum Gasteiger partial charge on any atom is 0.261 e. The zero-order chi connectivity index (χ0) is 22.2. The summed E-state index contributed by atoms with van der Waals surface area (Å²) in [5, 5.41) is 0. The van der Waals surface area contributed by atoms with Crippen molar-refractivity contribution in [2.45, 2.75) is 22.8 Å². The van der Waals surface area contributed by atoms with Crippen LogP contribution < -0.4 is 14.3 Å². The van der Waals surface area contributed by atoms with Gasteiger partial charge in [0.15, 0.2) is 0 Å². The van der Waals surface area contributed by atoms with Gasteiger partial charge in [-0.1, -0.05) is 6.07 Å². The number of hydrogen-bond acceptors (Lipinski definition) is 6. The molecule has 0 saturated heterocycles. The van der Waals surface area contributed by atoms with Crippen molar-refractivity contribution in [3.63, 3.8) is 0 Å². The Bertz CT molecular complexity index is 1350. The fraction of sp³-hybridized carbons (Fsp3) is 0.150. The quantitative estimate of drug-likeness (QED) is 0.555. The highest BCUT2D eigenvalue weighted by atomic mass is 32.2. The Kier molecular flexibility index (Phi) is 5.33. The minimum Gasteiger partial charge on any atom is -0.468 e. The number of likely N-dealkylation sites (N-methyl/N-ethyl adjacent to an activating group) is 1. The van der Waals surface area contributed by atoms with E-state index in [1.54, 1.807) is 25.2 Å². The molecule has 2 aromatic carbocycles. The summed E-state index contributed by atoms with van der Waals surface area (Å²) in [4.78, 5) is 13.2. The van der Waals surface area contributed by atoms with Crippen LogP contribution >= 0.6 is 0 Å². The molecule has 2 heterocycles. The summed E-state index contributed by atoms with van der Waals surface area (Å²) < 4.78 is 60.6. The van der Waals surface area contributed by atoms with Gasteiger partial charge in [-0.2, -0.15) is 0 Å². The molecule has 0 atom stereocenters. The van der Waals surface area contributed by atoms with Crippen molar-refractivity contribution in [3.05, 3.63) is 72.2 Å². The van der Waals surface area contributed by atoms with Crippen molar-refractivity contribution in [1.29, 1.82) is 0 Å². The molecule has 1 aliphatic heterocycles. The SMILES string of the molecule is CN1C(=O)Cc2cc(S(=O)(=O)Nc3cccc(S(=O)(=O)NCc4ccco4)c3)ccc21. The molecule has 1 aliphatic rings. The minimum absolute atomic E-state index is 0.0152. The molecular weight excluding hydrogens is 442 g/mol. The zero-order valence-corrected chi connectivity index (χ0v) is 18.0. The maximum atomic E-state index is 12.8. The Morgan fingerprint density at radius 3 is 2.48 bits per heavy atom. The van der Waals surface area contributed by atoms with Crippen molar-refractivity contribution in [3.8, 4) is 0 Å². The smallest absolute Gasteiger partial charge is 0.261 e. The van der Waals surface area contributed by atoms with Crippen LogP contribution in [0.5, 0.6) is 0 Å². The van der Waals surface area contributed by atoms with Crippen molar-refractivity contribution < 1.29 is 26.0 Å². The van der Waals surface area contributed by atoms with Crippen LogP contribution in [0.25, 0.3) is 0 Å². The van der Waals surface area contributed by atoms with Gasteiger partial charge < -0.3 is 9.32 Å². The van der Waals surface area contributed by atoms with Crippen molar-refractivity contribution in [1.82, 2.24) is 4.72 Å². The summed E-state index contributed by atoms with van der Waals surface area (Å²) in [6.45, 7) is -0.0341. The van der Waals surface area contributed by atoms with E-state index in [0.717, 1.165) is 0 Å². The van der Waals surface area contributed by atoms with Gasteiger partial charge in [0.25, 0.3) is 10.0 Å². The molecule has 4 rings (SSSR count). The molecule has 0 bridgehead atoms. The summed E-state index contributed by atoms with van der Waals surface area (Å²) in [6, 6.07) is 13.2. The Hall–Kier alpha value is -3.15. The highest BCUT2D eigenvalue weighted by Gasteiger charge is 2.26. The molecule has 162 valence electrons. The van der Waals surface area contributed by atoms with Gasteiger partial charge in [-0.25, -0.2) is 21.6 Å². The van der Waals surface area contributed by atoms with Gasteiger partial charge in [-0.05, 0) is 54.1 Å². The number of fused-ring (bicyclic) bond motifs is 1. The fourth-order valence-electron chi connectivity index (χ4n) is 3.22. The summed E-state index contributed by atoms with van der Waals surface area (Å²) in [5.41, 5.74) is 1.38. The fourth-order valence-corrected chi connectivity index (χ4v) is 5.36. The second kappa shape index (κ2) is 7.84. The number of amides is 1. The van der Waals surface area contributed by atoms with E-state index < -0.39 is 20.0 Å². The van der Waals surface area contributed by atoms with Crippen LogP contribution in [-0.4, -0.2) is 29.8 Å². The van der Waals surface area contributed by atoms with E-state index in [1.165, 1.54) is 47.6 Å². The van der Waals surface area contributed by atoms with Crippen LogP contribution in [0, 0.1) is 0 Å². The molecule has 11 heteroatoms. The van der Waals surface area contributed by atoms with Crippen LogP contribution in [-0.2, 0) is 37.8 Å². The van der Waals surface area contributed by atoms with Gasteiger partial charge in [0.1, 0.15) is 5.76 Å². The van der Waals surface area contributed by atoms with Crippen LogP contribution in [0.1, 0.15) is 11.3 Å². The third-order valence-electron chi connectivity index (χ3n) is 4.85. The lowest BCUT2D eigenvalue weighted by molar-refractivity contribution is -0.117. The number of benzene rings is 2. The maximum absolute atomic E-state index is 12.8. The lowest BCUT2D eigenvalue weighted by Crippen LogP contribution is -2.23. The number of nitrogens with zero attached hydrogens (tertiary/aromatic N) is 1. The zero-order valence-electron chi connectivity index (χ0n) is 16.4. The first-order valence-electron chi connectivity index (χ1n) is 9.20. The third-order valence-corrected chi connectivity index (χ3v) is 7.63. The summed E-state index contributed by atoms with van der Waals surface area (Å²) in [5.74, 6) is 0.332. The van der Waals surface area contributed by atoms with Gasteiger partial charge in [0.05, 0.1) is 34.7 Å². The number of nitrogens with one attached hydrogen (secondary N) is 2. The molecule has 31 heavy (non-hydrogen) atoms. The molecule has 9 nitrogen and oxygen atoms in total. The van der Waals surface area contributed by atoms with Crippen molar-refractivity contribution in [2.75, 3.05) is 16.7 Å². The molecule has 0 saturated carbocycles. The topological polar surface area (TPSA) is 126 Å². The predicted octanol–water partition coefficient (Wildman–Crippen LogP) is 2.08. The lowest BCUT2D eigenvalue weighted by Gasteiger charge is -2.12. The number of carbonyl (C=O) groups excluding carboxylic acids is 1. The highest BCUT2D eigenvalue weighted by Crippen LogP contribution is 2.30. The van der Waals surface area contributed by atoms with Gasteiger partial charge >= 0.3 is 0 Å². The van der Waals surface area contributed by atoms with E-state index in [2.05, 4.69) is 9.44 Å². The van der Waals surface area contributed by atoms with E-state index in [9.17, 15) is 21.6 Å². The second-order valence-corrected chi connectivity index (χ2v) is 10.4. The minimum atomic E-state index is -3.99. The number of sulfonamides is 2. The standard InChI is InChI=1S/C20H19N3O6S2/c1-23-19-8-7-18(10-14(19)11-20(23)24)31(27,28)22-15-4-2-6-17(12-15)30(25,26)21-13-16-5-3-9-29-16/h2-10,12,21-22H,11,13H2,1H3. The first kappa shape index (κ1) is 21.1. The molecule has 0 fully saturated rings. The molecular formula is C20H19N3O6S2.